The molecule has 1 saturated heterocycles. The largest absolute Gasteiger partial charge is 0.399 e. The number of anilines is 1. The summed E-state index contributed by atoms with van der Waals surface area (Å²) in [6.45, 7) is 2.58. The zero-order chi connectivity index (χ0) is 12.1. The lowest BCUT2D eigenvalue weighted by Crippen LogP contribution is -2.31. The summed E-state index contributed by atoms with van der Waals surface area (Å²) >= 11 is 5.95. The number of halogens is 1. The number of nitrogen functional groups attached to an aromatic ring is 1. The van der Waals surface area contributed by atoms with Crippen LogP contribution in [0, 0.1) is 0 Å². The third kappa shape index (κ3) is 4.19. The summed E-state index contributed by atoms with van der Waals surface area (Å²) in [4.78, 5) is 0. The van der Waals surface area contributed by atoms with Crippen LogP contribution in [0.15, 0.2) is 18.2 Å². The average molecular weight is 255 g/mol. The van der Waals surface area contributed by atoms with E-state index < -0.39 is 0 Å². The van der Waals surface area contributed by atoms with Crippen LogP contribution in [0.5, 0.6) is 0 Å². The standard InChI is InChI=1S/C13H19ClN2O/c14-11-5-10(6-12(15)7-11)8-16-9-13-3-1-2-4-17-13/h5-7,13,16H,1-4,8-9,15H2. The van der Waals surface area contributed by atoms with Crippen LogP contribution >= 0.6 is 11.6 Å². The molecular formula is C13H19ClN2O. The first kappa shape index (κ1) is 12.7. The third-order valence-electron chi connectivity index (χ3n) is 2.96. The van der Waals surface area contributed by atoms with Crippen LogP contribution in [-0.2, 0) is 11.3 Å². The van der Waals surface area contributed by atoms with Crippen molar-refractivity contribution in [3.05, 3.63) is 28.8 Å². The van der Waals surface area contributed by atoms with Gasteiger partial charge in [0.15, 0.2) is 0 Å². The van der Waals surface area contributed by atoms with E-state index in [0.717, 1.165) is 31.7 Å². The predicted octanol–water partition coefficient (Wildman–Crippen LogP) is 2.58. The van der Waals surface area contributed by atoms with E-state index in [4.69, 9.17) is 22.1 Å². The fourth-order valence-electron chi connectivity index (χ4n) is 2.12. The van der Waals surface area contributed by atoms with E-state index in [2.05, 4.69) is 5.32 Å². The summed E-state index contributed by atoms with van der Waals surface area (Å²) in [6, 6.07) is 5.64. The van der Waals surface area contributed by atoms with Gasteiger partial charge in [-0.1, -0.05) is 11.6 Å². The monoisotopic (exact) mass is 254 g/mol. The molecule has 0 radical (unpaired) electrons. The highest BCUT2D eigenvalue weighted by Crippen LogP contribution is 2.17. The fraction of sp³-hybridized carbons (Fsp3) is 0.538. The van der Waals surface area contributed by atoms with Gasteiger partial charge in [0.25, 0.3) is 0 Å². The summed E-state index contributed by atoms with van der Waals surface area (Å²) < 4.78 is 5.65. The molecule has 1 heterocycles. The maximum absolute atomic E-state index is 5.95. The van der Waals surface area contributed by atoms with Gasteiger partial charge in [-0.2, -0.15) is 0 Å². The Kier molecular flexibility index (Phi) is 4.66. The molecular weight excluding hydrogens is 236 g/mol. The number of ether oxygens (including phenoxy) is 1. The van der Waals surface area contributed by atoms with Crippen molar-refractivity contribution in [3.8, 4) is 0 Å². The predicted molar refractivity (Wildman–Crippen MR) is 71.2 cm³/mol. The molecule has 1 aromatic rings. The van der Waals surface area contributed by atoms with Crippen LogP contribution in [0.2, 0.25) is 5.02 Å². The molecule has 1 aromatic carbocycles. The molecule has 0 amide bonds. The number of rotatable bonds is 4. The van der Waals surface area contributed by atoms with Crippen LogP contribution in [0.3, 0.4) is 0 Å². The molecule has 0 bridgehead atoms. The number of nitrogens with two attached hydrogens (primary N) is 1. The van der Waals surface area contributed by atoms with Gasteiger partial charge in [-0.15, -0.1) is 0 Å². The summed E-state index contributed by atoms with van der Waals surface area (Å²) in [7, 11) is 0. The van der Waals surface area contributed by atoms with E-state index in [1.54, 1.807) is 6.07 Å². The molecule has 0 spiro atoms. The lowest BCUT2D eigenvalue weighted by atomic mass is 10.1. The molecule has 0 saturated carbocycles. The molecule has 17 heavy (non-hydrogen) atoms. The zero-order valence-corrected chi connectivity index (χ0v) is 10.7. The van der Waals surface area contributed by atoms with Gasteiger partial charge in [0.1, 0.15) is 0 Å². The summed E-state index contributed by atoms with van der Waals surface area (Å²) in [5, 5.41) is 4.08. The van der Waals surface area contributed by atoms with E-state index in [1.807, 2.05) is 12.1 Å². The van der Waals surface area contributed by atoms with Crippen molar-refractivity contribution < 1.29 is 4.74 Å². The minimum absolute atomic E-state index is 0.361. The van der Waals surface area contributed by atoms with Gasteiger partial charge in [-0.25, -0.2) is 0 Å². The maximum atomic E-state index is 5.95. The molecule has 94 valence electrons. The van der Waals surface area contributed by atoms with Crippen LogP contribution in [0.4, 0.5) is 5.69 Å². The van der Waals surface area contributed by atoms with Crippen LogP contribution < -0.4 is 11.1 Å². The zero-order valence-electron chi connectivity index (χ0n) is 9.92. The SMILES string of the molecule is Nc1cc(Cl)cc(CNCC2CCCCO2)c1. The van der Waals surface area contributed by atoms with E-state index in [1.165, 1.54) is 12.8 Å². The van der Waals surface area contributed by atoms with Crippen molar-refractivity contribution in [1.29, 1.82) is 0 Å². The minimum atomic E-state index is 0.361. The average Bonchev–Trinajstić information content (AvgIpc) is 2.29. The van der Waals surface area contributed by atoms with Gasteiger partial charge in [-0.3, -0.25) is 0 Å². The number of hydrogen-bond acceptors (Lipinski definition) is 3. The van der Waals surface area contributed by atoms with E-state index in [9.17, 15) is 0 Å². The molecule has 3 N–H and O–H groups in total. The lowest BCUT2D eigenvalue weighted by Gasteiger charge is -2.22. The molecule has 1 aliphatic rings. The lowest BCUT2D eigenvalue weighted by molar-refractivity contribution is 0.0168. The first-order chi connectivity index (χ1) is 8.24. The molecule has 3 nitrogen and oxygen atoms in total. The van der Waals surface area contributed by atoms with Crippen molar-refractivity contribution in [1.82, 2.24) is 5.32 Å². The highest BCUT2D eigenvalue weighted by atomic mass is 35.5. The van der Waals surface area contributed by atoms with Gasteiger partial charge < -0.3 is 15.8 Å². The van der Waals surface area contributed by atoms with Gasteiger partial charge in [0.2, 0.25) is 0 Å². The third-order valence-corrected chi connectivity index (χ3v) is 3.17. The number of hydrogen-bond donors (Lipinski definition) is 2. The normalized spacial score (nSPS) is 20.4. The Morgan fingerprint density at radius 1 is 1.35 bits per heavy atom. The van der Waals surface area contributed by atoms with Crippen LogP contribution in [0.1, 0.15) is 24.8 Å². The Morgan fingerprint density at radius 2 is 2.24 bits per heavy atom. The second-order valence-corrected chi connectivity index (χ2v) is 4.95. The van der Waals surface area contributed by atoms with E-state index >= 15 is 0 Å². The van der Waals surface area contributed by atoms with Crippen molar-refractivity contribution in [2.45, 2.75) is 31.9 Å². The minimum Gasteiger partial charge on any atom is -0.399 e. The fourth-order valence-corrected chi connectivity index (χ4v) is 2.39. The van der Waals surface area contributed by atoms with Crippen molar-refractivity contribution >= 4 is 17.3 Å². The van der Waals surface area contributed by atoms with Crippen molar-refractivity contribution in [2.75, 3.05) is 18.9 Å². The molecule has 4 heteroatoms. The Bertz CT molecular complexity index is 344. The maximum Gasteiger partial charge on any atom is 0.0699 e. The first-order valence-electron chi connectivity index (χ1n) is 6.11. The number of benzene rings is 1. The molecule has 1 aliphatic heterocycles. The second-order valence-electron chi connectivity index (χ2n) is 4.51. The highest BCUT2D eigenvalue weighted by molar-refractivity contribution is 6.30. The molecule has 1 fully saturated rings. The van der Waals surface area contributed by atoms with Gasteiger partial charge >= 0.3 is 0 Å². The molecule has 0 aliphatic carbocycles. The topological polar surface area (TPSA) is 47.3 Å². The Morgan fingerprint density at radius 3 is 2.94 bits per heavy atom. The highest BCUT2D eigenvalue weighted by Gasteiger charge is 2.12. The van der Waals surface area contributed by atoms with E-state index in [-0.39, 0.29) is 0 Å². The van der Waals surface area contributed by atoms with Gasteiger partial charge in [0, 0.05) is 30.4 Å². The Labute approximate surface area is 107 Å². The quantitative estimate of drug-likeness (QED) is 0.812. The molecule has 1 atom stereocenters. The van der Waals surface area contributed by atoms with E-state index in [0.29, 0.717) is 16.8 Å². The second kappa shape index (κ2) is 6.24. The first-order valence-corrected chi connectivity index (χ1v) is 6.49. The molecule has 1 unspecified atom stereocenters. The summed E-state index contributed by atoms with van der Waals surface area (Å²) in [5.74, 6) is 0. The van der Waals surface area contributed by atoms with Crippen LogP contribution in [0.25, 0.3) is 0 Å². The van der Waals surface area contributed by atoms with Gasteiger partial charge in [-0.05, 0) is 43.0 Å². The smallest absolute Gasteiger partial charge is 0.0699 e. The Hall–Kier alpha value is -0.770. The van der Waals surface area contributed by atoms with Crippen molar-refractivity contribution in [2.24, 2.45) is 0 Å². The summed E-state index contributed by atoms with van der Waals surface area (Å²) in [5.41, 5.74) is 7.56. The van der Waals surface area contributed by atoms with Crippen molar-refractivity contribution in [3.63, 3.8) is 0 Å². The molecule has 0 aromatic heterocycles. The Balaban J connectivity index is 1.77. The molecule has 2 rings (SSSR count). The number of nitrogens with one attached hydrogen (secondary N) is 1. The van der Waals surface area contributed by atoms with Crippen LogP contribution in [-0.4, -0.2) is 19.3 Å². The van der Waals surface area contributed by atoms with Gasteiger partial charge in [0.05, 0.1) is 6.10 Å². The summed E-state index contributed by atoms with van der Waals surface area (Å²) in [6.07, 6.45) is 3.99.